The number of amides is 1. The summed E-state index contributed by atoms with van der Waals surface area (Å²) in [6.45, 7) is 7.12. The minimum atomic E-state index is -1.38. The third-order valence-electron chi connectivity index (χ3n) is 4.73. The van der Waals surface area contributed by atoms with E-state index >= 15 is 0 Å². The number of Topliss-reactive ketones (excluding diaryl/α,β-unsaturated/α-hetero) is 1. The van der Waals surface area contributed by atoms with E-state index in [1.54, 1.807) is 24.1 Å². The van der Waals surface area contributed by atoms with Crippen molar-refractivity contribution >= 4 is 25.0 Å². The van der Waals surface area contributed by atoms with Crippen molar-refractivity contribution in [2.45, 2.75) is 32.1 Å². The Kier molecular flexibility index (Phi) is 7.76. The van der Waals surface area contributed by atoms with E-state index in [4.69, 9.17) is 4.74 Å². The molecule has 0 aliphatic carbocycles. The van der Waals surface area contributed by atoms with Crippen LogP contribution in [0.15, 0.2) is 48.5 Å². The van der Waals surface area contributed by atoms with Crippen molar-refractivity contribution in [1.82, 2.24) is 10.2 Å². The average Bonchev–Trinajstić information content (AvgIpc) is 2.65. The van der Waals surface area contributed by atoms with Crippen LogP contribution in [0.25, 0.3) is 0 Å². The minimum absolute atomic E-state index is 0.0389. The topological polar surface area (TPSA) is 58.6 Å². The fourth-order valence-corrected chi connectivity index (χ4v) is 4.23. The summed E-state index contributed by atoms with van der Waals surface area (Å²) in [4.78, 5) is 27.2. The number of carbonyl (C=O) groups is 2. The molecule has 6 heteroatoms. The van der Waals surface area contributed by atoms with Crippen LogP contribution < -0.4 is 15.2 Å². The van der Waals surface area contributed by atoms with Gasteiger partial charge in [0.1, 0.15) is 11.8 Å². The number of hydrogen-bond acceptors (Lipinski definition) is 4. The smallest absolute Gasteiger partial charge is 0.235 e. The van der Waals surface area contributed by atoms with Crippen LogP contribution in [-0.2, 0) is 16.0 Å². The van der Waals surface area contributed by atoms with E-state index in [2.05, 4.69) is 37.1 Å². The second-order valence-corrected chi connectivity index (χ2v) is 13.7. The number of carbonyl (C=O) groups excluding carboxylic acids is 2. The average molecular weight is 413 g/mol. The molecule has 1 unspecified atom stereocenters. The molecular weight excluding hydrogens is 380 g/mol. The number of rotatable bonds is 9. The van der Waals surface area contributed by atoms with Gasteiger partial charge in [0.15, 0.2) is 5.78 Å². The fraction of sp³-hybridized carbons (Fsp3) is 0.391. The molecule has 1 amide bonds. The molecule has 0 bridgehead atoms. The Labute approximate surface area is 175 Å². The van der Waals surface area contributed by atoms with Gasteiger partial charge in [0.05, 0.1) is 21.7 Å². The van der Waals surface area contributed by atoms with Gasteiger partial charge in [-0.05, 0) is 37.4 Å². The Morgan fingerprint density at radius 1 is 1.00 bits per heavy atom. The zero-order chi connectivity index (χ0) is 21.6. The highest BCUT2D eigenvalue weighted by atomic mass is 28.3. The van der Waals surface area contributed by atoms with Crippen LogP contribution in [0, 0.1) is 0 Å². The molecule has 0 saturated heterocycles. The van der Waals surface area contributed by atoms with Crippen LogP contribution in [-0.4, -0.2) is 52.4 Å². The Balaban J connectivity index is 2.21. The summed E-state index contributed by atoms with van der Waals surface area (Å²) < 4.78 is 5.20. The molecule has 0 aliphatic rings. The maximum absolute atomic E-state index is 13.1. The first kappa shape index (κ1) is 22.8. The first-order valence-electron chi connectivity index (χ1n) is 9.80. The molecule has 2 rings (SSSR count). The van der Waals surface area contributed by atoms with Gasteiger partial charge in [0.25, 0.3) is 0 Å². The summed E-state index contributed by atoms with van der Waals surface area (Å²) in [6, 6.07) is 14.9. The molecule has 0 heterocycles. The van der Waals surface area contributed by atoms with Gasteiger partial charge >= 0.3 is 0 Å². The SMILES string of the molecule is COc1ccc(C(NC(=O)CN(C)C)C(=O)Cc2ccc([Si](C)(C)C)cc2)cc1. The monoisotopic (exact) mass is 412 g/mol. The van der Waals surface area contributed by atoms with Gasteiger partial charge in [-0.2, -0.15) is 0 Å². The van der Waals surface area contributed by atoms with E-state index in [0.29, 0.717) is 5.75 Å². The summed E-state index contributed by atoms with van der Waals surface area (Å²) in [5.74, 6) is 0.489. The molecule has 0 fully saturated rings. The summed E-state index contributed by atoms with van der Waals surface area (Å²) in [5, 5.41) is 4.25. The van der Waals surface area contributed by atoms with Gasteiger partial charge in [-0.25, -0.2) is 0 Å². The van der Waals surface area contributed by atoms with Crippen molar-refractivity contribution in [2.75, 3.05) is 27.7 Å². The number of nitrogens with one attached hydrogen (secondary N) is 1. The molecule has 1 N–H and O–H groups in total. The predicted octanol–water partition coefficient (Wildman–Crippen LogP) is 2.77. The molecule has 5 nitrogen and oxygen atoms in total. The van der Waals surface area contributed by atoms with Gasteiger partial charge in [-0.3, -0.25) is 9.59 Å². The van der Waals surface area contributed by atoms with Crippen LogP contribution in [0.5, 0.6) is 5.75 Å². The van der Waals surface area contributed by atoms with Crippen molar-refractivity contribution < 1.29 is 14.3 Å². The van der Waals surface area contributed by atoms with Gasteiger partial charge in [-0.15, -0.1) is 0 Å². The normalized spacial score (nSPS) is 12.5. The Hall–Kier alpha value is -2.44. The van der Waals surface area contributed by atoms with Gasteiger partial charge in [-0.1, -0.05) is 61.2 Å². The van der Waals surface area contributed by atoms with Gasteiger partial charge in [0, 0.05) is 6.42 Å². The highest BCUT2D eigenvalue weighted by molar-refractivity contribution is 6.88. The molecule has 2 aromatic rings. The first-order chi connectivity index (χ1) is 13.6. The second kappa shape index (κ2) is 9.85. The van der Waals surface area contributed by atoms with E-state index < -0.39 is 14.1 Å². The molecular formula is C23H32N2O3Si. The maximum Gasteiger partial charge on any atom is 0.235 e. The molecule has 0 radical (unpaired) electrons. The fourth-order valence-electron chi connectivity index (χ4n) is 3.07. The third-order valence-corrected chi connectivity index (χ3v) is 6.80. The predicted molar refractivity (Wildman–Crippen MR) is 121 cm³/mol. The van der Waals surface area contributed by atoms with Crippen LogP contribution >= 0.6 is 0 Å². The summed E-state index contributed by atoms with van der Waals surface area (Å²) >= 11 is 0. The quantitative estimate of drug-likeness (QED) is 0.644. The van der Waals surface area contributed by atoms with E-state index in [0.717, 1.165) is 11.1 Å². The standard InChI is InChI=1S/C23H32N2O3Si/c1-25(2)16-22(27)24-23(18-9-11-19(28-3)12-10-18)21(26)15-17-7-13-20(14-8-17)29(4,5)6/h7-14,23H,15-16H2,1-6H3,(H,24,27). The molecule has 0 spiro atoms. The summed E-state index contributed by atoms with van der Waals surface area (Å²) in [7, 11) is 3.87. The minimum Gasteiger partial charge on any atom is -0.497 e. The highest BCUT2D eigenvalue weighted by Crippen LogP contribution is 2.20. The van der Waals surface area contributed by atoms with Crippen LogP contribution in [0.1, 0.15) is 17.2 Å². The largest absolute Gasteiger partial charge is 0.497 e. The van der Waals surface area contributed by atoms with Gasteiger partial charge in [0.2, 0.25) is 5.91 Å². The maximum atomic E-state index is 13.1. The van der Waals surface area contributed by atoms with Gasteiger partial charge < -0.3 is 15.0 Å². The lowest BCUT2D eigenvalue weighted by Gasteiger charge is -2.20. The lowest BCUT2D eigenvalue weighted by atomic mass is 9.97. The first-order valence-corrected chi connectivity index (χ1v) is 13.3. The van der Waals surface area contributed by atoms with Crippen molar-refractivity contribution in [3.8, 4) is 5.75 Å². The zero-order valence-electron chi connectivity index (χ0n) is 18.3. The lowest BCUT2D eigenvalue weighted by molar-refractivity contribution is -0.128. The lowest BCUT2D eigenvalue weighted by Crippen LogP contribution is -2.39. The number of methoxy groups -OCH3 is 1. The molecule has 0 aliphatic heterocycles. The molecule has 0 aromatic heterocycles. The second-order valence-electron chi connectivity index (χ2n) is 8.60. The van der Waals surface area contributed by atoms with Crippen LogP contribution in [0.4, 0.5) is 0 Å². The molecule has 156 valence electrons. The number of nitrogens with zero attached hydrogens (tertiary/aromatic N) is 1. The molecule has 2 aromatic carbocycles. The summed E-state index contributed by atoms with van der Waals surface area (Å²) in [5.41, 5.74) is 1.71. The zero-order valence-corrected chi connectivity index (χ0v) is 19.3. The van der Waals surface area contributed by atoms with Crippen molar-refractivity contribution in [2.24, 2.45) is 0 Å². The molecule has 1 atom stereocenters. The van der Waals surface area contributed by atoms with E-state index in [-0.39, 0.29) is 24.7 Å². The number of ketones is 1. The van der Waals surface area contributed by atoms with Crippen molar-refractivity contribution in [3.05, 3.63) is 59.7 Å². The van der Waals surface area contributed by atoms with E-state index in [9.17, 15) is 9.59 Å². The highest BCUT2D eigenvalue weighted by Gasteiger charge is 2.23. The Bertz CT molecular complexity index is 825. The van der Waals surface area contributed by atoms with E-state index in [1.165, 1.54) is 5.19 Å². The number of likely N-dealkylation sites (N-methyl/N-ethyl adjacent to an activating group) is 1. The van der Waals surface area contributed by atoms with Crippen LogP contribution in [0.3, 0.4) is 0 Å². The van der Waals surface area contributed by atoms with Crippen LogP contribution in [0.2, 0.25) is 19.6 Å². The molecule has 0 saturated carbocycles. The van der Waals surface area contributed by atoms with Crippen molar-refractivity contribution in [1.29, 1.82) is 0 Å². The number of hydrogen-bond donors (Lipinski definition) is 1. The Morgan fingerprint density at radius 3 is 2.07 bits per heavy atom. The van der Waals surface area contributed by atoms with Crippen molar-refractivity contribution in [3.63, 3.8) is 0 Å². The number of ether oxygens (including phenoxy) is 1. The van der Waals surface area contributed by atoms with E-state index in [1.807, 2.05) is 38.4 Å². The molecule has 29 heavy (non-hydrogen) atoms. The summed E-state index contributed by atoms with van der Waals surface area (Å²) in [6.07, 6.45) is 0.269. The number of benzene rings is 2. The Morgan fingerprint density at radius 2 is 1.59 bits per heavy atom. The third kappa shape index (κ3) is 6.83.